The van der Waals surface area contributed by atoms with E-state index in [1.54, 1.807) is 18.5 Å². The third kappa shape index (κ3) is 5.15. The maximum atomic E-state index is 13.8. The zero-order valence-corrected chi connectivity index (χ0v) is 17.7. The van der Waals surface area contributed by atoms with Gasteiger partial charge in [-0.05, 0) is 37.1 Å². The molecule has 6 nitrogen and oxygen atoms in total. The van der Waals surface area contributed by atoms with Gasteiger partial charge in [0.05, 0.1) is 5.75 Å². The monoisotopic (exact) mass is 432 g/mol. The molecule has 1 aromatic heterocycles. The Kier molecular flexibility index (Phi) is 7.04. The minimum Gasteiger partial charge on any atom is -0.480 e. The molecule has 1 unspecified atom stereocenters. The molecule has 0 radical (unpaired) electrons. The molecule has 0 aliphatic heterocycles. The van der Waals surface area contributed by atoms with Crippen molar-refractivity contribution in [3.63, 3.8) is 0 Å². The first kappa shape index (κ1) is 21.8. The van der Waals surface area contributed by atoms with Crippen LogP contribution < -0.4 is 10.1 Å². The standard InChI is InChI=1S/C21H22F2N4O2S/c1-4-14-7-5-6-8-17(14)24-19(28)12-30-21-26-25-20(27(21)3)13(2)29-18-10-9-15(22)11-16(18)23/h5-11,13H,4,12H2,1-3H3,(H,24,28). The average molecular weight is 432 g/mol. The van der Waals surface area contributed by atoms with Gasteiger partial charge in [0.2, 0.25) is 5.91 Å². The Bertz CT molecular complexity index is 1040. The van der Waals surface area contributed by atoms with Crippen LogP contribution in [0.2, 0.25) is 0 Å². The van der Waals surface area contributed by atoms with Crippen LogP contribution in [0.1, 0.15) is 31.3 Å². The van der Waals surface area contributed by atoms with Gasteiger partial charge in [-0.15, -0.1) is 10.2 Å². The maximum absolute atomic E-state index is 13.8. The number of hydrogen-bond donors (Lipinski definition) is 1. The van der Waals surface area contributed by atoms with Gasteiger partial charge in [0.25, 0.3) is 0 Å². The normalized spacial score (nSPS) is 11.9. The van der Waals surface area contributed by atoms with Crippen molar-refractivity contribution in [3.05, 3.63) is 65.5 Å². The van der Waals surface area contributed by atoms with Crippen molar-refractivity contribution >= 4 is 23.4 Å². The number of anilines is 1. The van der Waals surface area contributed by atoms with Gasteiger partial charge in [-0.25, -0.2) is 8.78 Å². The number of hydrogen-bond acceptors (Lipinski definition) is 5. The van der Waals surface area contributed by atoms with Crippen molar-refractivity contribution in [2.24, 2.45) is 7.05 Å². The van der Waals surface area contributed by atoms with Crippen molar-refractivity contribution in [1.29, 1.82) is 0 Å². The van der Waals surface area contributed by atoms with Crippen LogP contribution in [0.15, 0.2) is 47.6 Å². The maximum Gasteiger partial charge on any atom is 0.234 e. The zero-order valence-electron chi connectivity index (χ0n) is 16.9. The molecule has 1 amide bonds. The molecular weight excluding hydrogens is 410 g/mol. The SMILES string of the molecule is CCc1ccccc1NC(=O)CSc1nnc(C(C)Oc2ccc(F)cc2F)n1C. The van der Waals surface area contributed by atoms with Crippen LogP contribution in [0.3, 0.4) is 0 Å². The van der Waals surface area contributed by atoms with E-state index in [0.29, 0.717) is 11.0 Å². The molecule has 158 valence electrons. The predicted molar refractivity (Wildman–Crippen MR) is 112 cm³/mol. The van der Waals surface area contributed by atoms with Crippen molar-refractivity contribution in [1.82, 2.24) is 14.8 Å². The molecule has 0 bridgehead atoms. The minimum atomic E-state index is -0.789. The molecule has 3 aromatic rings. The van der Waals surface area contributed by atoms with E-state index in [9.17, 15) is 13.6 Å². The lowest BCUT2D eigenvalue weighted by atomic mass is 10.1. The fourth-order valence-corrected chi connectivity index (χ4v) is 3.60. The van der Waals surface area contributed by atoms with Crippen molar-refractivity contribution in [2.45, 2.75) is 31.5 Å². The summed E-state index contributed by atoms with van der Waals surface area (Å²) in [4.78, 5) is 12.3. The fraction of sp³-hybridized carbons (Fsp3) is 0.286. The van der Waals surface area contributed by atoms with E-state index in [0.717, 1.165) is 29.8 Å². The Labute approximate surface area is 177 Å². The van der Waals surface area contributed by atoms with Crippen LogP contribution in [0, 0.1) is 11.6 Å². The van der Waals surface area contributed by atoms with E-state index in [1.807, 2.05) is 31.2 Å². The van der Waals surface area contributed by atoms with E-state index < -0.39 is 17.7 Å². The van der Waals surface area contributed by atoms with Crippen molar-refractivity contribution < 1.29 is 18.3 Å². The molecule has 9 heteroatoms. The molecule has 1 N–H and O–H groups in total. The van der Waals surface area contributed by atoms with Crippen molar-refractivity contribution in [3.8, 4) is 5.75 Å². The van der Waals surface area contributed by atoms with Crippen molar-refractivity contribution in [2.75, 3.05) is 11.1 Å². The number of ether oxygens (including phenoxy) is 1. The van der Waals surface area contributed by atoms with Gasteiger partial charge in [-0.1, -0.05) is 36.9 Å². The minimum absolute atomic E-state index is 0.0740. The number of thioether (sulfide) groups is 1. The van der Waals surface area contributed by atoms with Gasteiger partial charge in [0.15, 0.2) is 28.7 Å². The molecule has 0 spiro atoms. The number of amides is 1. The number of halogens is 2. The van der Waals surface area contributed by atoms with E-state index >= 15 is 0 Å². The molecule has 0 saturated carbocycles. The fourth-order valence-electron chi connectivity index (χ4n) is 2.89. The van der Waals surface area contributed by atoms with E-state index in [4.69, 9.17) is 4.74 Å². The van der Waals surface area contributed by atoms with Gasteiger partial charge in [0, 0.05) is 18.8 Å². The summed E-state index contributed by atoms with van der Waals surface area (Å²) in [6.07, 6.45) is 0.199. The van der Waals surface area contributed by atoms with Gasteiger partial charge >= 0.3 is 0 Å². The molecule has 1 atom stereocenters. The quantitative estimate of drug-likeness (QED) is 0.530. The first-order chi connectivity index (χ1) is 14.4. The lowest BCUT2D eigenvalue weighted by molar-refractivity contribution is -0.113. The van der Waals surface area contributed by atoms with E-state index in [2.05, 4.69) is 15.5 Å². The van der Waals surface area contributed by atoms with Gasteiger partial charge in [0.1, 0.15) is 5.82 Å². The lowest BCUT2D eigenvalue weighted by Gasteiger charge is -2.14. The summed E-state index contributed by atoms with van der Waals surface area (Å²) >= 11 is 1.24. The molecule has 30 heavy (non-hydrogen) atoms. The molecule has 0 aliphatic carbocycles. The van der Waals surface area contributed by atoms with Gasteiger partial charge in [-0.3, -0.25) is 4.79 Å². The molecule has 1 heterocycles. The third-order valence-electron chi connectivity index (χ3n) is 4.43. The van der Waals surface area contributed by atoms with Crippen LogP contribution in [0.4, 0.5) is 14.5 Å². The van der Waals surface area contributed by atoms with Gasteiger partial charge in [-0.2, -0.15) is 0 Å². The molecule has 0 saturated heterocycles. The summed E-state index contributed by atoms with van der Waals surface area (Å²) in [6, 6.07) is 10.8. The molecule has 0 fully saturated rings. The number of nitrogens with zero attached hydrogens (tertiary/aromatic N) is 3. The average Bonchev–Trinajstić information content (AvgIpc) is 3.09. The van der Waals surface area contributed by atoms with E-state index in [1.165, 1.54) is 17.8 Å². The Morgan fingerprint density at radius 1 is 1.23 bits per heavy atom. The smallest absolute Gasteiger partial charge is 0.234 e. The molecule has 0 aliphatic rings. The lowest BCUT2D eigenvalue weighted by Crippen LogP contribution is -2.16. The van der Waals surface area contributed by atoms with Crippen LogP contribution in [0.5, 0.6) is 5.75 Å². The Balaban J connectivity index is 1.61. The second-order valence-electron chi connectivity index (χ2n) is 6.58. The Morgan fingerprint density at radius 3 is 2.73 bits per heavy atom. The highest BCUT2D eigenvalue weighted by molar-refractivity contribution is 7.99. The Hall–Kier alpha value is -2.94. The number of benzene rings is 2. The first-order valence-corrected chi connectivity index (χ1v) is 10.4. The summed E-state index contributed by atoms with van der Waals surface area (Å²) in [7, 11) is 1.74. The Morgan fingerprint density at radius 2 is 2.00 bits per heavy atom. The summed E-state index contributed by atoms with van der Waals surface area (Å²) in [5, 5.41) is 11.6. The highest BCUT2D eigenvalue weighted by Gasteiger charge is 2.19. The van der Waals surface area contributed by atoms with Crippen LogP contribution >= 0.6 is 11.8 Å². The van der Waals surface area contributed by atoms with Crippen LogP contribution in [0.25, 0.3) is 0 Å². The number of carbonyl (C=O) groups excluding carboxylic acids is 1. The topological polar surface area (TPSA) is 69.0 Å². The number of aryl methyl sites for hydroxylation is 1. The zero-order chi connectivity index (χ0) is 21.7. The molecule has 2 aromatic carbocycles. The molecule has 3 rings (SSSR count). The number of nitrogens with one attached hydrogen (secondary N) is 1. The summed E-state index contributed by atoms with van der Waals surface area (Å²) in [5.41, 5.74) is 1.86. The second kappa shape index (κ2) is 9.71. The number of carbonyl (C=O) groups is 1. The predicted octanol–water partition coefficient (Wildman–Crippen LogP) is 4.53. The van der Waals surface area contributed by atoms with Gasteiger partial charge < -0.3 is 14.6 Å². The summed E-state index contributed by atoms with van der Waals surface area (Å²) in [5.74, 6) is -1.07. The third-order valence-corrected chi connectivity index (χ3v) is 5.45. The summed E-state index contributed by atoms with van der Waals surface area (Å²) < 4.78 is 34.1. The highest BCUT2D eigenvalue weighted by atomic mass is 32.2. The van der Waals surface area contributed by atoms with Crippen LogP contribution in [-0.2, 0) is 18.3 Å². The number of rotatable bonds is 8. The summed E-state index contributed by atoms with van der Waals surface area (Å²) in [6.45, 7) is 3.72. The second-order valence-corrected chi connectivity index (χ2v) is 7.52. The first-order valence-electron chi connectivity index (χ1n) is 9.40. The largest absolute Gasteiger partial charge is 0.480 e. The van der Waals surface area contributed by atoms with Crippen LogP contribution in [-0.4, -0.2) is 26.4 Å². The number of aromatic nitrogens is 3. The molecular formula is C21H22F2N4O2S. The van der Waals surface area contributed by atoms with E-state index in [-0.39, 0.29) is 17.4 Å². The number of para-hydroxylation sites is 1. The highest BCUT2D eigenvalue weighted by Crippen LogP contribution is 2.26.